The van der Waals surface area contributed by atoms with E-state index in [2.05, 4.69) is 50.8 Å². The van der Waals surface area contributed by atoms with Crippen molar-refractivity contribution in [1.29, 1.82) is 0 Å². The molecule has 0 amide bonds. The summed E-state index contributed by atoms with van der Waals surface area (Å²) in [4.78, 5) is 11.4. The average molecular weight is 405 g/mol. The third-order valence-electron chi connectivity index (χ3n) is 6.86. The van der Waals surface area contributed by atoms with Crippen molar-refractivity contribution in [3.8, 4) is 11.8 Å². The van der Waals surface area contributed by atoms with Crippen LogP contribution >= 0.6 is 0 Å². The average Bonchev–Trinajstić information content (AvgIpc) is 3.15. The molecule has 3 heteroatoms. The number of aryl methyl sites for hydroxylation is 2. The zero-order valence-corrected chi connectivity index (χ0v) is 18.5. The molecule has 1 aliphatic rings. The van der Waals surface area contributed by atoms with Gasteiger partial charge in [0.15, 0.2) is 0 Å². The molecule has 2 N–H and O–H groups in total. The Hall–Kier alpha value is -2.57. The molecule has 3 rings (SSSR count). The number of hydrogen-bond acceptors (Lipinski definition) is 2. The molecular weight excluding hydrogens is 372 g/mol. The lowest BCUT2D eigenvalue weighted by molar-refractivity contribution is 0.0696. The third kappa shape index (κ3) is 4.16. The highest BCUT2D eigenvalue weighted by Gasteiger charge is 2.32. The highest BCUT2D eigenvalue weighted by molar-refractivity contribution is 5.89. The quantitative estimate of drug-likeness (QED) is 0.623. The zero-order chi connectivity index (χ0) is 21.9. The van der Waals surface area contributed by atoms with Gasteiger partial charge in [-0.15, -0.1) is 0 Å². The van der Waals surface area contributed by atoms with Gasteiger partial charge in [0.25, 0.3) is 0 Å². The van der Waals surface area contributed by atoms with Gasteiger partial charge in [0.2, 0.25) is 0 Å². The Kier molecular flexibility index (Phi) is 6.38. The van der Waals surface area contributed by atoms with Crippen molar-refractivity contribution in [3.05, 3.63) is 69.8 Å². The van der Waals surface area contributed by atoms with Crippen LogP contribution in [0.5, 0.6) is 0 Å². The minimum atomic E-state index is -0.889. The number of carbonyl (C=O) groups is 1. The largest absolute Gasteiger partial charge is 0.478 e. The minimum Gasteiger partial charge on any atom is -0.478 e. The maximum Gasteiger partial charge on any atom is 0.335 e. The molecule has 3 nitrogen and oxygen atoms in total. The molecule has 0 spiro atoms. The monoisotopic (exact) mass is 404 g/mol. The highest BCUT2D eigenvalue weighted by atomic mass is 16.4. The van der Waals surface area contributed by atoms with Crippen LogP contribution in [0, 0.1) is 25.7 Å². The van der Waals surface area contributed by atoms with Gasteiger partial charge in [-0.3, -0.25) is 0 Å². The Bertz CT molecular complexity index is 996. The summed E-state index contributed by atoms with van der Waals surface area (Å²) in [7, 11) is 0. The number of rotatable bonds is 5. The topological polar surface area (TPSA) is 57.5 Å². The molecule has 1 saturated carbocycles. The van der Waals surface area contributed by atoms with Gasteiger partial charge in [0.05, 0.1) is 5.56 Å². The van der Waals surface area contributed by atoms with E-state index in [0.29, 0.717) is 5.56 Å². The SMILES string of the molecule is CCC(CC)(c1ccc(C#CC2(O)CCCC2)c(C)c1)c1ccc(C(=O)O)c(C)c1. The summed E-state index contributed by atoms with van der Waals surface area (Å²) in [5.41, 5.74) is 4.56. The lowest BCUT2D eigenvalue weighted by Gasteiger charge is -2.34. The van der Waals surface area contributed by atoms with Crippen LogP contribution in [0.2, 0.25) is 0 Å². The van der Waals surface area contributed by atoms with Gasteiger partial charge < -0.3 is 10.2 Å². The second kappa shape index (κ2) is 8.66. The second-order valence-electron chi connectivity index (χ2n) is 8.64. The summed E-state index contributed by atoms with van der Waals surface area (Å²) in [6, 6.07) is 12.1. The van der Waals surface area contributed by atoms with E-state index in [0.717, 1.165) is 60.8 Å². The number of benzene rings is 2. The van der Waals surface area contributed by atoms with Crippen LogP contribution in [0.1, 0.15) is 90.5 Å². The van der Waals surface area contributed by atoms with E-state index in [9.17, 15) is 15.0 Å². The van der Waals surface area contributed by atoms with Crippen molar-refractivity contribution in [3.63, 3.8) is 0 Å². The van der Waals surface area contributed by atoms with E-state index in [-0.39, 0.29) is 5.41 Å². The summed E-state index contributed by atoms with van der Waals surface area (Å²) in [6.07, 6.45) is 5.44. The summed E-state index contributed by atoms with van der Waals surface area (Å²) >= 11 is 0. The standard InChI is InChI=1S/C27H32O3/c1-5-27(6-2,23-11-12-24(25(28)29)20(4)18-23)22-10-9-21(19(3)17-22)13-16-26(30)14-7-8-15-26/h9-12,17-18,30H,5-8,14-15H2,1-4H3,(H,28,29). The van der Waals surface area contributed by atoms with E-state index < -0.39 is 11.6 Å². The lowest BCUT2D eigenvalue weighted by atomic mass is 9.69. The molecule has 30 heavy (non-hydrogen) atoms. The van der Waals surface area contributed by atoms with E-state index in [4.69, 9.17) is 0 Å². The molecule has 0 heterocycles. The fourth-order valence-corrected chi connectivity index (χ4v) is 4.80. The van der Waals surface area contributed by atoms with E-state index in [1.54, 1.807) is 6.07 Å². The van der Waals surface area contributed by atoms with E-state index in [1.807, 2.05) is 19.1 Å². The van der Waals surface area contributed by atoms with Gasteiger partial charge in [-0.2, -0.15) is 0 Å². The molecule has 0 saturated heterocycles. The number of carboxylic acid groups (broad SMARTS) is 1. The van der Waals surface area contributed by atoms with Crippen LogP contribution in [-0.4, -0.2) is 21.8 Å². The molecule has 0 aromatic heterocycles. The fraction of sp³-hybridized carbons (Fsp3) is 0.444. The third-order valence-corrected chi connectivity index (χ3v) is 6.86. The molecule has 0 aliphatic heterocycles. The summed E-state index contributed by atoms with van der Waals surface area (Å²) < 4.78 is 0. The smallest absolute Gasteiger partial charge is 0.335 e. The number of aliphatic hydroxyl groups is 1. The van der Waals surface area contributed by atoms with Gasteiger partial charge in [0.1, 0.15) is 5.60 Å². The predicted octanol–water partition coefficient (Wildman–Crippen LogP) is 5.76. The van der Waals surface area contributed by atoms with Gasteiger partial charge in [-0.05, 0) is 86.8 Å². The Morgan fingerprint density at radius 1 is 1.00 bits per heavy atom. The summed E-state index contributed by atoms with van der Waals surface area (Å²) in [5.74, 6) is 5.43. The molecule has 0 radical (unpaired) electrons. The lowest BCUT2D eigenvalue weighted by Crippen LogP contribution is -2.26. The molecule has 0 unspecified atom stereocenters. The van der Waals surface area contributed by atoms with Crippen LogP contribution in [0.25, 0.3) is 0 Å². The minimum absolute atomic E-state index is 0.178. The first-order valence-electron chi connectivity index (χ1n) is 11.0. The van der Waals surface area contributed by atoms with Crippen molar-refractivity contribution in [2.45, 2.75) is 77.2 Å². The molecule has 158 valence electrons. The van der Waals surface area contributed by atoms with Crippen LogP contribution in [0.4, 0.5) is 0 Å². The number of carboxylic acids is 1. The molecule has 1 fully saturated rings. The van der Waals surface area contributed by atoms with Gasteiger partial charge >= 0.3 is 5.97 Å². The van der Waals surface area contributed by atoms with Crippen LogP contribution in [0.15, 0.2) is 36.4 Å². The van der Waals surface area contributed by atoms with Crippen molar-refractivity contribution < 1.29 is 15.0 Å². The molecular formula is C27H32O3. The summed E-state index contributed by atoms with van der Waals surface area (Å²) in [6.45, 7) is 8.30. The molecule has 2 aromatic carbocycles. The molecule has 2 aromatic rings. The fourth-order valence-electron chi connectivity index (χ4n) is 4.80. The van der Waals surface area contributed by atoms with Gasteiger partial charge in [0, 0.05) is 11.0 Å². The zero-order valence-electron chi connectivity index (χ0n) is 18.5. The molecule has 0 bridgehead atoms. The van der Waals surface area contributed by atoms with Crippen LogP contribution in [-0.2, 0) is 5.41 Å². The maximum absolute atomic E-state index is 11.4. The Morgan fingerprint density at radius 2 is 1.57 bits per heavy atom. The first-order valence-corrected chi connectivity index (χ1v) is 11.0. The molecule has 0 atom stereocenters. The van der Waals surface area contributed by atoms with Crippen LogP contribution < -0.4 is 0 Å². The van der Waals surface area contributed by atoms with Gasteiger partial charge in [-0.25, -0.2) is 4.79 Å². The van der Waals surface area contributed by atoms with Crippen molar-refractivity contribution >= 4 is 5.97 Å². The van der Waals surface area contributed by atoms with E-state index in [1.165, 1.54) is 5.56 Å². The Labute approximate surface area is 180 Å². The number of hydrogen-bond donors (Lipinski definition) is 2. The second-order valence-corrected chi connectivity index (χ2v) is 8.64. The van der Waals surface area contributed by atoms with Crippen molar-refractivity contribution in [1.82, 2.24) is 0 Å². The maximum atomic E-state index is 11.4. The highest BCUT2D eigenvalue weighted by Crippen LogP contribution is 2.40. The van der Waals surface area contributed by atoms with Crippen molar-refractivity contribution in [2.75, 3.05) is 0 Å². The van der Waals surface area contributed by atoms with Crippen LogP contribution in [0.3, 0.4) is 0 Å². The first-order chi connectivity index (χ1) is 14.2. The van der Waals surface area contributed by atoms with Crippen molar-refractivity contribution in [2.24, 2.45) is 0 Å². The Morgan fingerprint density at radius 3 is 2.07 bits per heavy atom. The predicted molar refractivity (Wildman–Crippen MR) is 121 cm³/mol. The van der Waals surface area contributed by atoms with E-state index >= 15 is 0 Å². The normalized spacial score (nSPS) is 15.5. The molecule has 1 aliphatic carbocycles. The Balaban J connectivity index is 2.01. The van der Waals surface area contributed by atoms with Gasteiger partial charge in [-0.1, -0.05) is 50.0 Å². The summed E-state index contributed by atoms with van der Waals surface area (Å²) in [5, 5.41) is 19.9. The number of aromatic carboxylic acids is 1. The first kappa shape index (κ1) is 22.1.